The topological polar surface area (TPSA) is 149 Å². The third kappa shape index (κ3) is 4.19. The molecule has 0 saturated carbocycles. The van der Waals surface area contributed by atoms with Gasteiger partial charge in [0, 0.05) is 0 Å². The van der Waals surface area contributed by atoms with Crippen LogP contribution in [0.3, 0.4) is 0 Å². The van der Waals surface area contributed by atoms with Crippen molar-refractivity contribution in [3.8, 4) is 0 Å². The summed E-state index contributed by atoms with van der Waals surface area (Å²) in [7, 11) is 0. The van der Waals surface area contributed by atoms with Crippen molar-refractivity contribution in [2.24, 2.45) is 0 Å². The number of rotatable bonds is 6. The summed E-state index contributed by atoms with van der Waals surface area (Å²) in [6.07, 6.45) is 0. The summed E-state index contributed by atoms with van der Waals surface area (Å²) in [4.78, 5) is 44.5. The van der Waals surface area contributed by atoms with Gasteiger partial charge in [0.1, 0.15) is 0 Å². The average molecular weight is 539 g/mol. The van der Waals surface area contributed by atoms with Gasteiger partial charge in [-0.25, -0.2) is 0 Å². The van der Waals surface area contributed by atoms with E-state index in [2.05, 4.69) is 0 Å². The Morgan fingerprint density at radius 2 is 0.880 bits per heavy atom. The number of carboxylic acids is 4. The summed E-state index contributed by atoms with van der Waals surface area (Å²) >= 11 is -1.77. The molecule has 0 atom stereocenters. The van der Waals surface area contributed by atoms with Crippen molar-refractivity contribution in [2.45, 2.75) is 0 Å². The predicted molar refractivity (Wildman–Crippen MR) is 85.7 cm³/mol. The standard InChI is InChI=1S/2C8H5O4.Bi/c2*9-7(10)5-3-1-2-4-6(5)8(11)12;/h2*1,3-4H,(H,9,10)(H,11,12);. The molecule has 0 aromatic heterocycles. The summed E-state index contributed by atoms with van der Waals surface area (Å²) in [5, 5.41) is 36.3. The SMILES string of the molecule is O=C(O)c1cc[c]([Bi][c]2ccc(C(=O)O)c(C(=O)O)c2)cc1C(=O)O. The Morgan fingerprint density at radius 3 is 1.16 bits per heavy atom. The van der Waals surface area contributed by atoms with E-state index >= 15 is 0 Å². The minimum atomic E-state index is -1.77. The van der Waals surface area contributed by atoms with Crippen molar-refractivity contribution < 1.29 is 39.6 Å². The molecule has 0 aliphatic heterocycles. The molecular formula is C16H10BiO8. The van der Waals surface area contributed by atoms with E-state index in [0.717, 1.165) is 0 Å². The van der Waals surface area contributed by atoms with Gasteiger partial charge in [-0.1, -0.05) is 0 Å². The van der Waals surface area contributed by atoms with Crippen LogP contribution in [0.4, 0.5) is 0 Å². The maximum atomic E-state index is 11.2. The van der Waals surface area contributed by atoms with E-state index in [-0.39, 0.29) is 22.3 Å². The third-order valence-electron chi connectivity index (χ3n) is 3.19. The monoisotopic (exact) mass is 539 g/mol. The third-order valence-corrected chi connectivity index (χ3v) is 7.36. The Kier molecular flexibility index (Phi) is 5.49. The van der Waals surface area contributed by atoms with Crippen molar-refractivity contribution in [1.29, 1.82) is 0 Å². The fraction of sp³-hybridized carbons (Fsp3) is 0. The van der Waals surface area contributed by atoms with Crippen LogP contribution in [0, 0.1) is 0 Å². The maximum absolute atomic E-state index is 11.2. The first kappa shape index (κ1) is 18.5. The molecule has 0 saturated heterocycles. The van der Waals surface area contributed by atoms with E-state index in [0.29, 0.717) is 6.54 Å². The number of hydrogen-bond acceptors (Lipinski definition) is 4. The molecule has 0 aliphatic rings. The van der Waals surface area contributed by atoms with Crippen LogP contribution >= 0.6 is 0 Å². The van der Waals surface area contributed by atoms with Gasteiger partial charge in [0.05, 0.1) is 0 Å². The Morgan fingerprint density at radius 1 is 0.560 bits per heavy atom. The molecule has 0 fully saturated rings. The van der Waals surface area contributed by atoms with Crippen LogP contribution in [0.1, 0.15) is 41.4 Å². The van der Waals surface area contributed by atoms with E-state index in [1.54, 1.807) is 0 Å². The van der Waals surface area contributed by atoms with Gasteiger partial charge >= 0.3 is 152 Å². The first-order valence-electron chi connectivity index (χ1n) is 6.63. The van der Waals surface area contributed by atoms with Crippen LogP contribution in [0.25, 0.3) is 0 Å². The quantitative estimate of drug-likeness (QED) is 0.379. The molecule has 4 N–H and O–H groups in total. The van der Waals surface area contributed by atoms with Gasteiger partial charge < -0.3 is 0 Å². The van der Waals surface area contributed by atoms with E-state index in [4.69, 9.17) is 20.4 Å². The number of carboxylic acid groups (broad SMARTS) is 4. The van der Waals surface area contributed by atoms with Crippen LogP contribution in [0.15, 0.2) is 36.4 Å². The van der Waals surface area contributed by atoms with E-state index in [9.17, 15) is 19.2 Å². The summed E-state index contributed by atoms with van der Waals surface area (Å²) in [6, 6.07) is 7.95. The molecule has 0 bridgehead atoms. The first-order valence-corrected chi connectivity index (χ1v) is 10.1. The molecular weight excluding hydrogens is 529 g/mol. The molecule has 0 spiro atoms. The molecule has 1 radical (unpaired) electrons. The number of carbonyl (C=O) groups is 4. The van der Waals surface area contributed by atoms with Gasteiger partial charge in [-0.15, -0.1) is 0 Å². The second-order valence-corrected chi connectivity index (χ2v) is 9.68. The molecule has 9 heteroatoms. The van der Waals surface area contributed by atoms with Gasteiger partial charge in [0.25, 0.3) is 0 Å². The number of benzene rings is 2. The van der Waals surface area contributed by atoms with Gasteiger partial charge in [0.15, 0.2) is 0 Å². The molecule has 0 amide bonds. The Hall–Kier alpha value is -2.80. The molecule has 25 heavy (non-hydrogen) atoms. The van der Waals surface area contributed by atoms with Crippen LogP contribution < -0.4 is 6.54 Å². The van der Waals surface area contributed by atoms with Gasteiger partial charge in [0.2, 0.25) is 0 Å². The summed E-state index contributed by atoms with van der Waals surface area (Å²) in [5.41, 5.74) is -1.33. The van der Waals surface area contributed by atoms with Crippen LogP contribution in [-0.4, -0.2) is 67.5 Å². The zero-order valence-electron chi connectivity index (χ0n) is 12.3. The zero-order chi connectivity index (χ0) is 18.7. The number of aromatic carboxylic acids is 4. The summed E-state index contributed by atoms with van der Waals surface area (Å²) < 4.78 is 1.25. The first-order chi connectivity index (χ1) is 11.7. The van der Waals surface area contributed by atoms with E-state index < -0.39 is 47.1 Å². The van der Waals surface area contributed by atoms with Crippen molar-refractivity contribution >= 4 is 53.7 Å². The minimum absolute atomic E-state index is 0.329. The van der Waals surface area contributed by atoms with Crippen LogP contribution in [0.2, 0.25) is 0 Å². The normalized spacial score (nSPS) is 10.2. The molecule has 127 valence electrons. The molecule has 8 nitrogen and oxygen atoms in total. The van der Waals surface area contributed by atoms with Gasteiger partial charge in [-0.3, -0.25) is 0 Å². The molecule has 0 unspecified atom stereocenters. The van der Waals surface area contributed by atoms with Gasteiger partial charge in [-0.2, -0.15) is 0 Å². The van der Waals surface area contributed by atoms with Crippen molar-refractivity contribution in [3.05, 3.63) is 58.7 Å². The molecule has 2 aromatic carbocycles. The molecule has 0 heterocycles. The zero-order valence-corrected chi connectivity index (χ0v) is 15.8. The fourth-order valence-corrected chi connectivity index (χ4v) is 5.90. The van der Waals surface area contributed by atoms with Crippen molar-refractivity contribution in [2.75, 3.05) is 0 Å². The van der Waals surface area contributed by atoms with Gasteiger partial charge in [-0.05, 0) is 0 Å². The fourth-order valence-electron chi connectivity index (χ4n) is 2.08. The van der Waals surface area contributed by atoms with E-state index in [1.165, 1.54) is 36.4 Å². The van der Waals surface area contributed by atoms with Crippen LogP contribution in [0.5, 0.6) is 0 Å². The predicted octanol–water partition coefficient (Wildman–Crippen LogP) is 0.134. The molecule has 2 rings (SSSR count). The summed E-state index contributed by atoms with van der Waals surface area (Å²) in [5.74, 6) is -5.44. The van der Waals surface area contributed by atoms with Crippen molar-refractivity contribution in [3.63, 3.8) is 0 Å². The Labute approximate surface area is 151 Å². The van der Waals surface area contributed by atoms with E-state index in [1.807, 2.05) is 0 Å². The Bertz CT molecular complexity index is 830. The molecule has 0 aliphatic carbocycles. The Balaban J connectivity index is 2.43. The second-order valence-electron chi connectivity index (χ2n) is 4.79. The average Bonchev–Trinajstić information content (AvgIpc) is 2.54. The van der Waals surface area contributed by atoms with Crippen LogP contribution in [-0.2, 0) is 0 Å². The summed E-state index contributed by atoms with van der Waals surface area (Å²) in [6.45, 7) is 0. The number of hydrogen-bond donors (Lipinski definition) is 4. The van der Waals surface area contributed by atoms with Crippen molar-refractivity contribution in [1.82, 2.24) is 0 Å². The second kappa shape index (κ2) is 7.40. The molecule has 2 aromatic rings.